The Hall–Kier alpha value is -2.76. The van der Waals surface area contributed by atoms with Crippen molar-refractivity contribution in [1.82, 2.24) is 15.3 Å². The van der Waals surface area contributed by atoms with Gasteiger partial charge < -0.3 is 10.6 Å². The molecule has 0 saturated heterocycles. The lowest BCUT2D eigenvalue weighted by Crippen LogP contribution is -2.33. The largest absolute Gasteiger partial charge is 0.349 e. The van der Waals surface area contributed by atoms with Crippen LogP contribution in [0, 0.1) is 0 Å². The van der Waals surface area contributed by atoms with Crippen LogP contribution in [0.3, 0.4) is 0 Å². The van der Waals surface area contributed by atoms with E-state index in [9.17, 15) is 9.59 Å². The molecular formula is C17H18N4O2. The molecule has 2 aromatic rings. The van der Waals surface area contributed by atoms with Crippen LogP contribution in [0.1, 0.15) is 46.5 Å². The Kier molecular flexibility index (Phi) is 4.61. The zero-order valence-corrected chi connectivity index (χ0v) is 12.7. The highest BCUT2D eigenvalue weighted by Crippen LogP contribution is 2.20. The third kappa shape index (κ3) is 3.71. The van der Waals surface area contributed by atoms with Gasteiger partial charge in [0.15, 0.2) is 0 Å². The molecule has 0 bridgehead atoms. The summed E-state index contributed by atoms with van der Waals surface area (Å²) in [5.74, 6) is -0.550. The molecule has 6 heteroatoms. The first-order chi connectivity index (χ1) is 11.2. The van der Waals surface area contributed by atoms with Gasteiger partial charge in [0.05, 0.1) is 17.4 Å². The standard InChI is InChI=1S/C17H18N4O2/c22-16(20-12-5-1-2-6-12)13-7-3-4-8-14(13)21-17(23)15-11-18-9-10-19-15/h3-4,7-12H,1-2,5-6H2,(H,20,22)(H,21,23). The number of hydrogen-bond donors (Lipinski definition) is 2. The third-order valence-corrected chi connectivity index (χ3v) is 3.91. The van der Waals surface area contributed by atoms with E-state index < -0.39 is 0 Å². The van der Waals surface area contributed by atoms with Gasteiger partial charge in [-0.1, -0.05) is 25.0 Å². The number of carbonyl (C=O) groups excluding carboxylic acids is 2. The molecule has 118 valence electrons. The average Bonchev–Trinajstić information content (AvgIpc) is 3.09. The molecule has 0 atom stereocenters. The van der Waals surface area contributed by atoms with E-state index in [0.717, 1.165) is 25.7 Å². The summed E-state index contributed by atoms with van der Waals surface area (Å²) in [7, 11) is 0. The van der Waals surface area contributed by atoms with E-state index in [4.69, 9.17) is 0 Å². The molecule has 0 aliphatic heterocycles. The zero-order valence-electron chi connectivity index (χ0n) is 12.7. The number of nitrogens with one attached hydrogen (secondary N) is 2. The summed E-state index contributed by atoms with van der Waals surface area (Å²) in [6.07, 6.45) is 8.66. The summed E-state index contributed by atoms with van der Waals surface area (Å²) in [6.45, 7) is 0. The second-order valence-corrected chi connectivity index (χ2v) is 5.55. The van der Waals surface area contributed by atoms with Crippen molar-refractivity contribution in [2.45, 2.75) is 31.7 Å². The normalized spacial score (nSPS) is 14.4. The van der Waals surface area contributed by atoms with Gasteiger partial charge in [-0.25, -0.2) is 4.98 Å². The molecule has 2 N–H and O–H groups in total. The predicted molar refractivity (Wildman–Crippen MR) is 86.1 cm³/mol. The maximum absolute atomic E-state index is 12.4. The van der Waals surface area contributed by atoms with Gasteiger partial charge in [0.25, 0.3) is 11.8 Å². The number of rotatable bonds is 4. The number of carbonyl (C=O) groups is 2. The highest BCUT2D eigenvalue weighted by molar-refractivity contribution is 6.08. The fourth-order valence-electron chi connectivity index (χ4n) is 2.73. The van der Waals surface area contributed by atoms with Crippen LogP contribution in [-0.4, -0.2) is 27.8 Å². The minimum Gasteiger partial charge on any atom is -0.349 e. The fraction of sp³-hybridized carbons (Fsp3) is 0.294. The number of benzene rings is 1. The summed E-state index contributed by atoms with van der Waals surface area (Å²) >= 11 is 0. The van der Waals surface area contributed by atoms with Crippen molar-refractivity contribution in [3.63, 3.8) is 0 Å². The molecule has 6 nitrogen and oxygen atoms in total. The van der Waals surface area contributed by atoms with Crippen molar-refractivity contribution >= 4 is 17.5 Å². The first kappa shape index (κ1) is 15.1. The average molecular weight is 310 g/mol. The second-order valence-electron chi connectivity index (χ2n) is 5.55. The van der Waals surface area contributed by atoms with Gasteiger partial charge in [-0.2, -0.15) is 0 Å². The third-order valence-electron chi connectivity index (χ3n) is 3.91. The Labute approximate surface area is 134 Å². The van der Waals surface area contributed by atoms with E-state index in [2.05, 4.69) is 20.6 Å². The molecule has 1 aliphatic rings. The lowest BCUT2D eigenvalue weighted by molar-refractivity contribution is 0.0939. The maximum atomic E-state index is 12.4. The predicted octanol–water partition coefficient (Wildman–Crippen LogP) is 2.40. The minimum atomic E-state index is -0.390. The van der Waals surface area contributed by atoms with Crippen molar-refractivity contribution in [1.29, 1.82) is 0 Å². The first-order valence-electron chi connectivity index (χ1n) is 7.71. The smallest absolute Gasteiger partial charge is 0.275 e. The van der Waals surface area contributed by atoms with Gasteiger partial charge in [0.1, 0.15) is 5.69 Å². The van der Waals surface area contributed by atoms with Crippen LogP contribution in [0.5, 0.6) is 0 Å². The van der Waals surface area contributed by atoms with Gasteiger partial charge in [-0.05, 0) is 25.0 Å². The van der Waals surface area contributed by atoms with Crippen molar-refractivity contribution in [2.75, 3.05) is 5.32 Å². The van der Waals surface area contributed by atoms with Gasteiger partial charge in [-0.3, -0.25) is 14.6 Å². The first-order valence-corrected chi connectivity index (χ1v) is 7.71. The van der Waals surface area contributed by atoms with Crippen LogP contribution >= 0.6 is 0 Å². The van der Waals surface area contributed by atoms with Crippen LogP contribution in [-0.2, 0) is 0 Å². The topological polar surface area (TPSA) is 84.0 Å². The fourth-order valence-corrected chi connectivity index (χ4v) is 2.73. The Morgan fingerprint density at radius 1 is 1.04 bits per heavy atom. The molecule has 1 fully saturated rings. The highest BCUT2D eigenvalue weighted by atomic mass is 16.2. The molecule has 2 amide bonds. The molecule has 0 radical (unpaired) electrons. The summed E-state index contributed by atoms with van der Waals surface area (Å²) in [5.41, 5.74) is 1.13. The molecule has 1 saturated carbocycles. The van der Waals surface area contributed by atoms with Crippen LogP contribution < -0.4 is 10.6 Å². The molecule has 0 spiro atoms. The Morgan fingerprint density at radius 2 is 1.83 bits per heavy atom. The SMILES string of the molecule is O=C(Nc1ccccc1C(=O)NC1CCCC1)c1cnccn1. The molecule has 1 aromatic carbocycles. The number of nitrogens with zero attached hydrogens (tertiary/aromatic N) is 2. The van der Waals surface area contributed by atoms with E-state index in [1.165, 1.54) is 18.6 Å². The van der Waals surface area contributed by atoms with Crippen molar-refractivity contribution in [2.24, 2.45) is 0 Å². The van der Waals surface area contributed by atoms with Gasteiger partial charge in [-0.15, -0.1) is 0 Å². The molecule has 23 heavy (non-hydrogen) atoms. The lowest BCUT2D eigenvalue weighted by Gasteiger charge is -2.14. The summed E-state index contributed by atoms with van der Waals surface area (Å²) in [5, 5.41) is 5.76. The van der Waals surface area contributed by atoms with Crippen molar-refractivity contribution in [3.8, 4) is 0 Å². The van der Waals surface area contributed by atoms with Crippen LogP contribution in [0.4, 0.5) is 5.69 Å². The molecule has 0 unspecified atom stereocenters. The van der Waals surface area contributed by atoms with Gasteiger partial charge >= 0.3 is 0 Å². The summed E-state index contributed by atoms with van der Waals surface area (Å²) < 4.78 is 0. The Balaban J connectivity index is 1.75. The van der Waals surface area contributed by atoms with E-state index in [1.807, 2.05) is 0 Å². The van der Waals surface area contributed by atoms with Crippen molar-refractivity contribution in [3.05, 3.63) is 54.1 Å². The number of aromatic nitrogens is 2. The number of anilines is 1. The molecule has 1 aromatic heterocycles. The highest BCUT2D eigenvalue weighted by Gasteiger charge is 2.20. The number of amides is 2. The Bertz CT molecular complexity index is 697. The molecular weight excluding hydrogens is 292 g/mol. The van der Waals surface area contributed by atoms with Gasteiger partial charge in [0.2, 0.25) is 0 Å². The number of para-hydroxylation sites is 1. The molecule has 3 rings (SSSR count). The van der Waals surface area contributed by atoms with E-state index >= 15 is 0 Å². The van der Waals surface area contributed by atoms with E-state index in [1.54, 1.807) is 24.3 Å². The van der Waals surface area contributed by atoms with E-state index in [-0.39, 0.29) is 23.6 Å². The van der Waals surface area contributed by atoms with Crippen LogP contribution in [0.2, 0.25) is 0 Å². The monoisotopic (exact) mass is 310 g/mol. The minimum absolute atomic E-state index is 0.160. The summed E-state index contributed by atoms with van der Waals surface area (Å²) in [6, 6.07) is 7.19. The second kappa shape index (κ2) is 7.00. The zero-order chi connectivity index (χ0) is 16.1. The Morgan fingerprint density at radius 3 is 2.57 bits per heavy atom. The van der Waals surface area contributed by atoms with Crippen molar-refractivity contribution < 1.29 is 9.59 Å². The molecule has 1 aliphatic carbocycles. The van der Waals surface area contributed by atoms with Gasteiger partial charge in [0, 0.05) is 18.4 Å². The van der Waals surface area contributed by atoms with Crippen LogP contribution in [0.15, 0.2) is 42.9 Å². The molecule has 1 heterocycles. The quantitative estimate of drug-likeness (QED) is 0.908. The van der Waals surface area contributed by atoms with Crippen LogP contribution in [0.25, 0.3) is 0 Å². The maximum Gasteiger partial charge on any atom is 0.275 e. The summed E-state index contributed by atoms with van der Waals surface area (Å²) in [4.78, 5) is 32.5. The van der Waals surface area contributed by atoms with E-state index in [0.29, 0.717) is 11.3 Å². The lowest BCUT2D eigenvalue weighted by atomic mass is 10.1. The number of hydrogen-bond acceptors (Lipinski definition) is 4.